The Bertz CT molecular complexity index is 724. The number of aryl methyl sites for hydroxylation is 2. The van der Waals surface area contributed by atoms with Crippen molar-refractivity contribution >= 4 is 23.4 Å². The van der Waals surface area contributed by atoms with Gasteiger partial charge in [-0.05, 0) is 55.7 Å². The lowest BCUT2D eigenvalue weighted by atomic mass is 10.1. The molecule has 5 nitrogen and oxygen atoms in total. The third-order valence-corrected chi connectivity index (χ3v) is 3.65. The minimum atomic E-state index is -0.512. The molecule has 0 aliphatic carbocycles. The fourth-order valence-electron chi connectivity index (χ4n) is 2.38. The van der Waals surface area contributed by atoms with Crippen LogP contribution in [-0.4, -0.2) is 18.6 Å². The van der Waals surface area contributed by atoms with Crippen molar-refractivity contribution in [2.75, 3.05) is 17.2 Å². The number of carbonyl (C=O) groups is 2. The second-order valence-electron chi connectivity index (χ2n) is 5.34. The fraction of sp³-hybridized carbons (Fsp3) is 0.263. The Hall–Kier alpha value is -2.82. The molecule has 2 aromatic carbocycles. The van der Waals surface area contributed by atoms with E-state index in [1.165, 1.54) is 0 Å². The lowest BCUT2D eigenvalue weighted by Gasteiger charge is -2.13. The van der Waals surface area contributed by atoms with E-state index in [4.69, 9.17) is 4.74 Å². The van der Waals surface area contributed by atoms with Crippen LogP contribution in [0.4, 0.5) is 16.2 Å². The van der Waals surface area contributed by atoms with E-state index >= 15 is 0 Å². The zero-order valence-electron chi connectivity index (χ0n) is 14.2. The van der Waals surface area contributed by atoms with Crippen LogP contribution in [0.2, 0.25) is 0 Å². The molecule has 0 radical (unpaired) electrons. The highest BCUT2D eigenvalue weighted by atomic mass is 16.5. The zero-order chi connectivity index (χ0) is 17.5. The molecule has 24 heavy (non-hydrogen) atoms. The first kappa shape index (κ1) is 17.5. The number of nitrogens with one attached hydrogen (secondary N) is 2. The van der Waals surface area contributed by atoms with Gasteiger partial charge in [-0.25, -0.2) is 4.79 Å². The van der Waals surface area contributed by atoms with Crippen LogP contribution in [0, 0.1) is 6.92 Å². The summed E-state index contributed by atoms with van der Waals surface area (Å²) in [6, 6.07) is 12.6. The smallest absolute Gasteiger partial charge is 0.411 e. The maximum absolute atomic E-state index is 12.4. The minimum absolute atomic E-state index is 0.179. The quantitative estimate of drug-likeness (QED) is 0.857. The number of hydrogen-bond donors (Lipinski definition) is 2. The average Bonchev–Trinajstić information content (AvgIpc) is 2.57. The molecule has 5 heteroatoms. The maximum atomic E-state index is 12.4. The molecule has 0 heterocycles. The van der Waals surface area contributed by atoms with Gasteiger partial charge in [-0.3, -0.25) is 10.1 Å². The Morgan fingerprint density at radius 1 is 1.00 bits per heavy atom. The molecule has 2 N–H and O–H groups in total. The van der Waals surface area contributed by atoms with Crippen LogP contribution in [0.5, 0.6) is 0 Å². The van der Waals surface area contributed by atoms with Crippen molar-refractivity contribution in [1.82, 2.24) is 0 Å². The summed E-state index contributed by atoms with van der Waals surface area (Å²) in [6.07, 6.45) is 0.335. The van der Waals surface area contributed by atoms with Gasteiger partial charge in [-0.1, -0.05) is 25.1 Å². The molecular formula is C19H22N2O3. The Labute approximate surface area is 142 Å². The van der Waals surface area contributed by atoms with Gasteiger partial charge in [0.25, 0.3) is 5.91 Å². The van der Waals surface area contributed by atoms with Gasteiger partial charge in [-0.15, -0.1) is 0 Å². The summed E-state index contributed by atoms with van der Waals surface area (Å²) in [5.41, 5.74) is 4.09. The van der Waals surface area contributed by atoms with Crippen molar-refractivity contribution in [3.8, 4) is 0 Å². The van der Waals surface area contributed by atoms with Crippen molar-refractivity contribution < 1.29 is 14.3 Å². The molecule has 2 amide bonds. The van der Waals surface area contributed by atoms with Crippen molar-refractivity contribution in [2.24, 2.45) is 0 Å². The fourth-order valence-corrected chi connectivity index (χ4v) is 2.38. The lowest BCUT2D eigenvalue weighted by Crippen LogP contribution is -2.15. The first-order valence-corrected chi connectivity index (χ1v) is 7.98. The van der Waals surface area contributed by atoms with E-state index in [1.54, 1.807) is 31.2 Å². The standard InChI is InChI=1S/C19H22N2O3/c1-4-14-8-6-7-13(3)17(14)21-18(22)15-9-11-16(12-10-15)20-19(23)24-5-2/h6-12H,4-5H2,1-3H3,(H,20,23)(H,21,22). The molecule has 0 bridgehead atoms. The van der Waals surface area contributed by atoms with Crippen LogP contribution in [0.25, 0.3) is 0 Å². The summed E-state index contributed by atoms with van der Waals surface area (Å²) in [5.74, 6) is -0.179. The minimum Gasteiger partial charge on any atom is -0.450 e. The van der Waals surface area contributed by atoms with E-state index in [9.17, 15) is 9.59 Å². The number of ether oxygens (including phenoxy) is 1. The molecule has 0 saturated carbocycles. The number of benzene rings is 2. The number of para-hydroxylation sites is 1. The van der Waals surface area contributed by atoms with E-state index in [-0.39, 0.29) is 5.91 Å². The van der Waals surface area contributed by atoms with Crippen molar-refractivity contribution in [3.05, 3.63) is 59.2 Å². The van der Waals surface area contributed by atoms with Crippen molar-refractivity contribution in [1.29, 1.82) is 0 Å². The van der Waals surface area contributed by atoms with Gasteiger partial charge in [0.15, 0.2) is 0 Å². The molecule has 0 saturated heterocycles. The van der Waals surface area contributed by atoms with E-state index < -0.39 is 6.09 Å². The highest BCUT2D eigenvalue weighted by molar-refractivity contribution is 6.05. The van der Waals surface area contributed by atoms with Gasteiger partial charge in [0.1, 0.15) is 0 Å². The molecule has 0 aliphatic rings. The van der Waals surface area contributed by atoms with Crippen molar-refractivity contribution in [3.63, 3.8) is 0 Å². The second-order valence-corrected chi connectivity index (χ2v) is 5.34. The molecule has 2 rings (SSSR count). The normalized spacial score (nSPS) is 10.1. The topological polar surface area (TPSA) is 67.4 Å². The molecular weight excluding hydrogens is 304 g/mol. The molecule has 126 valence electrons. The number of carbonyl (C=O) groups excluding carboxylic acids is 2. The molecule has 0 aromatic heterocycles. The molecule has 0 aliphatic heterocycles. The maximum Gasteiger partial charge on any atom is 0.411 e. The summed E-state index contributed by atoms with van der Waals surface area (Å²) < 4.78 is 4.81. The highest BCUT2D eigenvalue weighted by Gasteiger charge is 2.11. The zero-order valence-corrected chi connectivity index (χ0v) is 14.2. The average molecular weight is 326 g/mol. The number of amides is 2. The van der Waals surface area contributed by atoms with Crippen LogP contribution in [0.15, 0.2) is 42.5 Å². The van der Waals surface area contributed by atoms with Gasteiger partial charge in [0, 0.05) is 16.9 Å². The Morgan fingerprint density at radius 3 is 2.33 bits per heavy atom. The summed E-state index contributed by atoms with van der Waals surface area (Å²) in [6.45, 7) is 6.08. The van der Waals surface area contributed by atoms with E-state index in [2.05, 4.69) is 17.6 Å². The van der Waals surface area contributed by atoms with E-state index in [0.29, 0.717) is 17.9 Å². The van der Waals surface area contributed by atoms with Crippen LogP contribution < -0.4 is 10.6 Å². The summed E-state index contributed by atoms with van der Waals surface area (Å²) >= 11 is 0. The number of anilines is 2. The monoisotopic (exact) mass is 326 g/mol. The van der Waals surface area contributed by atoms with E-state index in [1.807, 2.05) is 25.1 Å². The van der Waals surface area contributed by atoms with E-state index in [0.717, 1.165) is 23.2 Å². The summed E-state index contributed by atoms with van der Waals surface area (Å²) in [4.78, 5) is 23.8. The van der Waals surface area contributed by atoms with Gasteiger partial charge in [0.2, 0.25) is 0 Å². The first-order valence-electron chi connectivity index (χ1n) is 7.98. The van der Waals surface area contributed by atoms with Gasteiger partial charge in [-0.2, -0.15) is 0 Å². The SMILES string of the molecule is CCOC(=O)Nc1ccc(C(=O)Nc2c(C)cccc2CC)cc1. The molecule has 0 spiro atoms. The van der Waals surface area contributed by atoms with Gasteiger partial charge >= 0.3 is 6.09 Å². The molecule has 0 atom stereocenters. The van der Waals surface area contributed by atoms with Crippen LogP contribution in [0.3, 0.4) is 0 Å². The van der Waals surface area contributed by atoms with Crippen LogP contribution in [-0.2, 0) is 11.2 Å². The summed E-state index contributed by atoms with van der Waals surface area (Å²) in [5, 5.41) is 5.57. The highest BCUT2D eigenvalue weighted by Crippen LogP contribution is 2.22. The largest absolute Gasteiger partial charge is 0.450 e. The summed E-state index contributed by atoms with van der Waals surface area (Å²) in [7, 11) is 0. The Morgan fingerprint density at radius 2 is 1.71 bits per heavy atom. The van der Waals surface area contributed by atoms with Gasteiger partial charge in [0.05, 0.1) is 6.61 Å². The van der Waals surface area contributed by atoms with Crippen molar-refractivity contribution in [2.45, 2.75) is 27.2 Å². The number of rotatable bonds is 5. The third kappa shape index (κ3) is 4.35. The second kappa shape index (κ2) is 8.15. The Kier molecular flexibility index (Phi) is 5.95. The van der Waals surface area contributed by atoms with Crippen LogP contribution >= 0.6 is 0 Å². The lowest BCUT2D eigenvalue weighted by molar-refractivity contribution is 0.102. The van der Waals surface area contributed by atoms with Gasteiger partial charge < -0.3 is 10.1 Å². The number of hydrogen-bond acceptors (Lipinski definition) is 3. The predicted octanol–water partition coefficient (Wildman–Crippen LogP) is 4.38. The molecule has 2 aromatic rings. The first-order chi connectivity index (χ1) is 11.5. The molecule has 0 unspecified atom stereocenters. The Balaban J connectivity index is 2.10. The molecule has 0 fully saturated rings. The predicted molar refractivity (Wildman–Crippen MR) is 95.6 cm³/mol. The third-order valence-electron chi connectivity index (χ3n) is 3.65. The van der Waals surface area contributed by atoms with Crippen LogP contribution in [0.1, 0.15) is 35.3 Å².